The molecule has 134 valence electrons. The van der Waals surface area contributed by atoms with E-state index < -0.39 is 0 Å². The molecule has 26 heavy (non-hydrogen) atoms. The van der Waals surface area contributed by atoms with Crippen LogP contribution in [0.15, 0.2) is 66.9 Å². The molecule has 2 nitrogen and oxygen atoms in total. The minimum absolute atomic E-state index is 0.803. The highest BCUT2D eigenvalue weighted by atomic mass is 16.5. The molecule has 0 saturated carbocycles. The third kappa shape index (κ3) is 4.95. The van der Waals surface area contributed by atoms with E-state index in [1.54, 1.807) is 0 Å². The quantitative estimate of drug-likeness (QED) is 0.425. The van der Waals surface area contributed by atoms with Crippen LogP contribution < -0.4 is 4.74 Å². The maximum atomic E-state index is 5.82. The van der Waals surface area contributed by atoms with Crippen molar-refractivity contribution in [1.82, 2.24) is 4.98 Å². The summed E-state index contributed by atoms with van der Waals surface area (Å²) in [5, 5.41) is 0. The van der Waals surface area contributed by atoms with Gasteiger partial charge in [0.15, 0.2) is 0 Å². The zero-order valence-electron chi connectivity index (χ0n) is 15.7. The van der Waals surface area contributed by atoms with Gasteiger partial charge in [0.05, 0.1) is 12.3 Å². The van der Waals surface area contributed by atoms with Gasteiger partial charge < -0.3 is 4.74 Å². The molecule has 0 fully saturated rings. The number of unbranched alkanes of at least 4 members (excludes halogenated alkanes) is 3. The van der Waals surface area contributed by atoms with Crippen molar-refractivity contribution in [3.8, 4) is 28.1 Å². The molecule has 3 aromatic rings. The second-order valence-corrected chi connectivity index (χ2v) is 6.73. The first kappa shape index (κ1) is 18.2. The Hall–Kier alpha value is -2.61. The van der Waals surface area contributed by atoms with E-state index in [1.165, 1.54) is 36.0 Å². The molecule has 0 amide bonds. The minimum Gasteiger partial charge on any atom is -0.494 e. The molecule has 0 saturated heterocycles. The largest absolute Gasteiger partial charge is 0.494 e. The minimum atomic E-state index is 0.803. The Bertz CT molecular complexity index is 789. The molecule has 0 spiro atoms. The number of ether oxygens (including phenoxy) is 1. The zero-order valence-corrected chi connectivity index (χ0v) is 15.7. The lowest BCUT2D eigenvalue weighted by Gasteiger charge is -2.08. The van der Waals surface area contributed by atoms with Gasteiger partial charge in [-0.2, -0.15) is 0 Å². The summed E-state index contributed by atoms with van der Waals surface area (Å²) in [7, 11) is 0. The molecule has 1 aromatic heterocycles. The van der Waals surface area contributed by atoms with Gasteiger partial charge in [-0.15, -0.1) is 0 Å². The number of aryl methyl sites for hydroxylation is 1. The second-order valence-electron chi connectivity index (χ2n) is 6.73. The number of aromatic nitrogens is 1. The highest BCUT2D eigenvalue weighted by molar-refractivity contribution is 5.69. The van der Waals surface area contributed by atoms with Crippen LogP contribution in [0.2, 0.25) is 0 Å². The predicted molar refractivity (Wildman–Crippen MR) is 109 cm³/mol. The number of hydrogen-bond donors (Lipinski definition) is 0. The van der Waals surface area contributed by atoms with Crippen molar-refractivity contribution in [2.24, 2.45) is 0 Å². The molecule has 0 aliphatic rings. The molecule has 0 atom stereocenters. The van der Waals surface area contributed by atoms with E-state index in [9.17, 15) is 0 Å². The standard InChI is InChI=1S/C24H27NO/c1-3-4-5-6-17-26-23-14-12-21(13-15-23)20-8-10-22(11-9-20)24-16-7-19(2)18-25-24/h7-16,18H,3-6,17H2,1-2H3. The number of nitrogens with zero attached hydrogens (tertiary/aromatic N) is 1. The van der Waals surface area contributed by atoms with Crippen LogP contribution in [-0.4, -0.2) is 11.6 Å². The molecule has 0 bridgehead atoms. The van der Waals surface area contributed by atoms with Crippen molar-refractivity contribution < 1.29 is 4.74 Å². The normalized spacial score (nSPS) is 10.7. The monoisotopic (exact) mass is 345 g/mol. The third-order valence-corrected chi connectivity index (χ3v) is 4.55. The lowest BCUT2D eigenvalue weighted by molar-refractivity contribution is 0.305. The summed E-state index contributed by atoms with van der Waals surface area (Å²) in [5.74, 6) is 0.950. The van der Waals surface area contributed by atoms with Crippen molar-refractivity contribution in [3.05, 3.63) is 72.4 Å². The van der Waals surface area contributed by atoms with Gasteiger partial charge in [-0.25, -0.2) is 0 Å². The fraction of sp³-hybridized carbons (Fsp3) is 0.292. The van der Waals surface area contributed by atoms with Crippen LogP contribution in [0.3, 0.4) is 0 Å². The summed E-state index contributed by atoms with van der Waals surface area (Å²) in [6.07, 6.45) is 6.83. The van der Waals surface area contributed by atoms with Gasteiger partial charge in [-0.1, -0.05) is 68.7 Å². The highest BCUT2D eigenvalue weighted by Crippen LogP contribution is 2.25. The molecule has 0 radical (unpaired) electrons. The van der Waals surface area contributed by atoms with Crippen molar-refractivity contribution in [3.63, 3.8) is 0 Å². The van der Waals surface area contributed by atoms with Gasteiger partial charge in [-0.3, -0.25) is 4.98 Å². The number of benzene rings is 2. The topological polar surface area (TPSA) is 22.1 Å². The predicted octanol–water partition coefficient (Wildman–Crippen LogP) is 6.68. The lowest BCUT2D eigenvalue weighted by atomic mass is 10.0. The lowest BCUT2D eigenvalue weighted by Crippen LogP contribution is -1.96. The number of pyridine rings is 1. The van der Waals surface area contributed by atoms with Gasteiger partial charge in [0.25, 0.3) is 0 Å². The molecule has 3 rings (SSSR count). The van der Waals surface area contributed by atoms with E-state index in [2.05, 4.69) is 79.5 Å². The maximum Gasteiger partial charge on any atom is 0.119 e. The summed E-state index contributed by atoms with van der Waals surface area (Å²) >= 11 is 0. The molecule has 2 aromatic carbocycles. The summed E-state index contributed by atoms with van der Waals surface area (Å²) in [6, 6.07) is 21.1. The molecular formula is C24H27NO. The summed E-state index contributed by atoms with van der Waals surface area (Å²) < 4.78 is 5.82. The Kier molecular flexibility index (Phi) is 6.43. The van der Waals surface area contributed by atoms with Crippen LogP contribution in [0, 0.1) is 6.92 Å². The molecule has 2 heteroatoms. The van der Waals surface area contributed by atoms with Gasteiger partial charge in [0, 0.05) is 11.8 Å². The Balaban J connectivity index is 1.61. The molecular weight excluding hydrogens is 318 g/mol. The molecule has 0 N–H and O–H groups in total. The second kappa shape index (κ2) is 9.19. The Labute approximate surface area is 156 Å². The van der Waals surface area contributed by atoms with Crippen molar-refractivity contribution in [2.45, 2.75) is 39.5 Å². The summed E-state index contributed by atoms with van der Waals surface area (Å²) in [5.41, 5.74) is 5.73. The number of rotatable bonds is 8. The number of hydrogen-bond acceptors (Lipinski definition) is 2. The van der Waals surface area contributed by atoms with E-state index in [0.29, 0.717) is 0 Å². The highest BCUT2D eigenvalue weighted by Gasteiger charge is 2.02. The SMILES string of the molecule is CCCCCCOc1ccc(-c2ccc(-c3ccc(C)cn3)cc2)cc1. The first-order chi connectivity index (χ1) is 12.8. The van der Waals surface area contributed by atoms with Crippen molar-refractivity contribution >= 4 is 0 Å². The van der Waals surface area contributed by atoms with E-state index in [4.69, 9.17) is 4.74 Å². The fourth-order valence-corrected chi connectivity index (χ4v) is 2.93. The van der Waals surface area contributed by atoms with E-state index >= 15 is 0 Å². The van der Waals surface area contributed by atoms with Gasteiger partial charge in [0.2, 0.25) is 0 Å². The van der Waals surface area contributed by atoms with E-state index in [0.717, 1.165) is 30.0 Å². The first-order valence-corrected chi connectivity index (χ1v) is 9.52. The van der Waals surface area contributed by atoms with E-state index in [-0.39, 0.29) is 0 Å². The van der Waals surface area contributed by atoms with Gasteiger partial charge in [-0.05, 0) is 48.2 Å². The average molecular weight is 345 g/mol. The van der Waals surface area contributed by atoms with Crippen LogP contribution in [-0.2, 0) is 0 Å². The van der Waals surface area contributed by atoms with Crippen LogP contribution in [0.5, 0.6) is 5.75 Å². The Morgan fingerprint density at radius 1 is 0.731 bits per heavy atom. The van der Waals surface area contributed by atoms with Crippen molar-refractivity contribution in [1.29, 1.82) is 0 Å². The van der Waals surface area contributed by atoms with Crippen molar-refractivity contribution in [2.75, 3.05) is 6.61 Å². The van der Waals surface area contributed by atoms with Crippen LogP contribution in [0.1, 0.15) is 38.2 Å². The summed E-state index contributed by atoms with van der Waals surface area (Å²) in [6.45, 7) is 5.08. The Morgan fingerprint density at radius 2 is 1.38 bits per heavy atom. The smallest absolute Gasteiger partial charge is 0.119 e. The average Bonchev–Trinajstić information content (AvgIpc) is 2.69. The Morgan fingerprint density at radius 3 is 2.00 bits per heavy atom. The van der Waals surface area contributed by atoms with Crippen LogP contribution in [0.4, 0.5) is 0 Å². The molecule has 0 aliphatic carbocycles. The molecule has 0 unspecified atom stereocenters. The molecule has 1 heterocycles. The van der Waals surface area contributed by atoms with Gasteiger partial charge >= 0.3 is 0 Å². The van der Waals surface area contributed by atoms with E-state index in [1.807, 2.05) is 6.20 Å². The third-order valence-electron chi connectivity index (χ3n) is 4.55. The maximum absolute atomic E-state index is 5.82. The molecule has 0 aliphatic heterocycles. The fourth-order valence-electron chi connectivity index (χ4n) is 2.93. The van der Waals surface area contributed by atoms with Crippen LogP contribution >= 0.6 is 0 Å². The summed E-state index contributed by atoms with van der Waals surface area (Å²) in [4.78, 5) is 4.49. The van der Waals surface area contributed by atoms with Crippen LogP contribution in [0.25, 0.3) is 22.4 Å². The van der Waals surface area contributed by atoms with Gasteiger partial charge in [0.1, 0.15) is 5.75 Å². The first-order valence-electron chi connectivity index (χ1n) is 9.52. The zero-order chi connectivity index (χ0) is 18.2.